The van der Waals surface area contributed by atoms with E-state index in [0.717, 1.165) is 18.2 Å². The molecule has 0 saturated carbocycles. The van der Waals surface area contributed by atoms with Crippen LogP contribution in [0.2, 0.25) is 0 Å². The molecule has 1 aliphatic heterocycles. The summed E-state index contributed by atoms with van der Waals surface area (Å²) in [6, 6.07) is 2.77. The third kappa shape index (κ3) is 4.26. The highest BCUT2D eigenvalue weighted by Gasteiger charge is 2.36. The summed E-state index contributed by atoms with van der Waals surface area (Å²) in [7, 11) is -0.621. The molecule has 1 aromatic carbocycles. The molecule has 0 aromatic heterocycles. The Morgan fingerprint density at radius 3 is 2.22 bits per heavy atom. The molecule has 0 amide bonds. The molecule has 5 nitrogen and oxygen atoms in total. The van der Waals surface area contributed by atoms with Crippen LogP contribution in [0.1, 0.15) is 12.8 Å². The van der Waals surface area contributed by atoms with Gasteiger partial charge in [0, 0.05) is 32.3 Å². The summed E-state index contributed by atoms with van der Waals surface area (Å²) in [4.78, 5) is 0.963. The molecule has 2 rings (SSSR count). The van der Waals surface area contributed by atoms with Gasteiger partial charge in [-0.15, -0.1) is 0 Å². The average Bonchev–Trinajstić information content (AvgIpc) is 2.47. The first-order chi connectivity index (χ1) is 10.8. The SMILES string of the molecule is CN(C)CCN(C1CCOCC1)S(=O)(=O)c1c(F)cccc1F. The minimum atomic E-state index is -4.26. The molecule has 130 valence electrons. The van der Waals surface area contributed by atoms with Gasteiger partial charge in [0.2, 0.25) is 10.0 Å². The minimum Gasteiger partial charge on any atom is -0.381 e. The van der Waals surface area contributed by atoms with E-state index in [1.165, 1.54) is 4.31 Å². The average molecular weight is 348 g/mol. The summed E-state index contributed by atoms with van der Waals surface area (Å²) in [5.74, 6) is -2.13. The van der Waals surface area contributed by atoms with Gasteiger partial charge in [-0.1, -0.05) is 6.07 Å². The fourth-order valence-corrected chi connectivity index (χ4v) is 4.41. The lowest BCUT2D eigenvalue weighted by Crippen LogP contribution is -2.46. The van der Waals surface area contributed by atoms with Crippen LogP contribution in [0.15, 0.2) is 23.1 Å². The molecule has 0 radical (unpaired) electrons. The Kier molecular flexibility index (Phi) is 6.07. The second-order valence-electron chi connectivity index (χ2n) is 5.81. The van der Waals surface area contributed by atoms with Gasteiger partial charge in [-0.25, -0.2) is 17.2 Å². The first kappa shape index (κ1) is 18.3. The molecular formula is C15H22F2N2O3S. The number of benzene rings is 1. The molecule has 1 aliphatic rings. The maximum absolute atomic E-state index is 14.0. The predicted octanol–water partition coefficient (Wildman–Crippen LogP) is 1.70. The number of nitrogens with zero attached hydrogens (tertiary/aromatic N) is 2. The van der Waals surface area contributed by atoms with Crippen molar-refractivity contribution >= 4 is 10.0 Å². The first-order valence-electron chi connectivity index (χ1n) is 7.52. The van der Waals surface area contributed by atoms with Crippen molar-refractivity contribution in [3.8, 4) is 0 Å². The van der Waals surface area contributed by atoms with Crippen LogP contribution in [-0.2, 0) is 14.8 Å². The molecule has 0 aliphatic carbocycles. The maximum Gasteiger partial charge on any atom is 0.249 e. The monoisotopic (exact) mass is 348 g/mol. The highest BCUT2D eigenvalue weighted by molar-refractivity contribution is 7.89. The number of sulfonamides is 1. The molecule has 1 aromatic rings. The summed E-state index contributed by atoms with van der Waals surface area (Å²) < 4.78 is 60.2. The topological polar surface area (TPSA) is 49.9 Å². The van der Waals surface area contributed by atoms with Crippen molar-refractivity contribution in [1.29, 1.82) is 0 Å². The van der Waals surface area contributed by atoms with Crippen molar-refractivity contribution in [1.82, 2.24) is 9.21 Å². The Bertz CT molecular complexity index is 611. The van der Waals surface area contributed by atoms with Crippen LogP contribution < -0.4 is 0 Å². The molecule has 8 heteroatoms. The summed E-state index contributed by atoms with van der Waals surface area (Å²) in [5, 5.41) is 0. The van der Waals surface area contributed by atoms with Gasteiger partial charge in [0.15, 0.2) is 4.90 Å². The first-order valence-corrected chi connectivity index (χ1v) is 8.96. The Balaban J connectivity index is 2.39. The van der Waals surface area contributed by atoms with Crippen molar-refractivity contribution in [2.45, 2.75) is 23.8 Å². The largest absolute Gasteiger partial charge is 0.381 e. The van der Waals surface area contributed by atoms with Crippen LogP contribution in [-0.4, -0.2) is 64.1 Å². The van der Waals surface area contributed by atoms with E-state index in [-0.39, 0.29) is 12.6 Å². The highest BCUT2D eigenvalue weighted by atomic mass is 32.2. The highest BCUT2D eigenvalue weighted by Crippen LogP contribution is 2.27. The second kappa shape index (κ2) is 7.65. The third-order valence-corrected chi connectivity index (χ3v) is 5.86. The zero-order valence-corrected chi connectivity index (χ0v) is 14.2. The molecule has 0 N–H and O–H groups in total. The van der Waals surface area contributed by atoms with Crippen LogP contribution in [0, 0.1) is 11.6 Å². The Labute approximate surface area is 135 Å². The van der Waals surface area contributed by atoms with E-state index < -0.39 is 26.6 Å². The van der Waals surface area contributed by atoms with E-state index >= 15 is 0 Å². The van der Waals surface area contributed by atoms with Crippen molar-refractivity contribution in [2.75, 3.05) is 40.4 Å². The second-order valence-corrected chi connectivity index (χ2v) is 7.64. The lowest BCUT2D eigenvalue weighted by atomic mass is 10.1. The van der Waals surface area contributed by atoms with Crippen LogP contribution in [0.5, 0.6) is 0 Å². The maximum atomic E-state index is 14.0. The normalized spacial score (nSPS) is 17.1. The Hall–Kier alpha value is -1.09. The van der Waals surface area contributed by atoms with Gasteiger partial charge in [-0.3, -0.25) is 0 Å². The van der Waals surface area contributed by atoms with E-state index in [9.17, 15) is 17.2 Å². The van der Waals surface area contributed by atoms with Crippen molar-refractivity contribution in [2.24, 2.45) is 0 Å². The van der Waals surface area contributed by atoms with Crippen molar-refractivity contribution < 1.29 is 21.9 Å². The number of hydrogen-bond donors (Lipinski definition) is 0. The fraction of sp³-hybridized carbons (Fsp3) is 0.600. The number of ether oxygens (including phenoxy) is 1. The van der Waals surface area contributed by atoms with Crippen LogP contribution in [0.4, 0.5) is 8.78 Å². The van der Waals surface area contributed by atoms with Gasteiger partial charge in [-0.05, 0) is 39.1 Å². The zero-order valence-electron chi connectivity index (χ0n) is 13.3. The summed E-state index contributed by atoms with van der Waals surface area (Å²) in [6.07, 6.45) is 1.03. The number of likely N-dealkylation sites (N-methyl/N-ethyl adjacent to an activating group) is 1. The van der Waals surface area contributed by atoms with Gasteiger partial charge < -0.3 is 9.64 Å². The standard InChI is InChI=1S/C15H22F2N2O3S/c1-18(2)8-9-19(12-6-10-22-11-7-12)23(20,21)15-13(16)4-3-5-14(15)17/h3-5,12H,6-11H2,1-2H3. The van der Waals surface area contributed by atoms with Crippen molar-refractivity contribution in [3.05, 3.63) is 29.8 Å². The van der Waals surface area contributed by atoms with Crippen LogP contribution in [0.3, 0.4) is 0 Å². The van der Waals surface area contributed by atoms with Gasteiger partial charge >= 0.3 is 0 Å². The van der Waals surface area contributed by atoms with Gasteiger partial charge in [-0.2, -0.15) is 4.31 Å². The minimum absolute atomic E-state index is 0.174. The molecule has 0 spiro atoms. The molecular weight excluding hydrogens is 326 g/mol. The van der Waals surface area contributed by atoms with Crippen molar-refractivity contribution in [3.63, 3.8) is 0 Å². The molecule has 1 saturated heterocycles. The third-order valence-electron chi connectivity index (χ3n) is 3.85. The zero-order chi connectivity index (χ0) is 17.0. The number of hydrogen-bond acceptors (Lipinski definition) is 4. The van der Waals surface area contributed by atoms with E-state index in [4.69, 9.17) is 4.74 Å². The number of rotatable bonds is 6. The fourth-order valence-electron chi connectivity index (χ4n) is 2.62. The van der Waals surface area contributed by atoms with Crippen LogP contribution >= 0.6 is 0 Å². The molecule has 1 fully saturated rings. The molecule has 0 unspecified atom stereocenters. The quantitative estimate of drug-likeness (QED) is 0.785. The van der Waals surface area contributed by atoms with Crippen LogP contribution in [0.25, 0.3) is 0 Å². The Morgan fingerprint density at radius 2 is 1.70 bits per heavy atom. The smallest absolute Gasteiger partial charge is 0.249 e. The van der Waals surface area contributed by atoms with Gasteiger partial charge in [0.05, 0.1) is 0 Å². The predicted molar refractivity (Wildman–Crippen MR) is 82.6 cm³/mol. The number of halogens is 2. The van der Waals surface area contributed by atoms with E-state index in [0.29, 0.717) is 32.6 Å². The summed E-state index contributed by atoms with van der Waals surface area (Å²) in [6.45, 7) is 1.53. The van der Waals surface area contributed by atoms with E-state index in [1.54, 1.807) is 0 Å². The van der Waals surface area contributed by atoms with E-state index in [1.807, 2.05) is 19.0 Å². The summed E-state index contributed by atoms with van der Waals surface area (Å²) in [5.41, 5.74) is 0. The molecule has 0 atom stereocenters. The lowest BCUT2D eigenvalue weighted by molar-refractivity contribution is 0.0572. The molecule has 1 heterocycles. The molecule has 23 heavy (non-hydrogen) atoms. The van der Waals surface area contributed by atoms with Gasteiger partial charge in [0.1, 0.15) is 11.6 Å². The van der Waals surface area contributed by atoms with E-state index in [2.05, 4.69) is 0 Å². The summed E-state index contributed by atoms with van der Waals surface area (Å²) >= 11 is 0. The Morgan fingerprint density at radius 1 is 1.13 bits per heavy atom. The molecule has 0 bridgehead atoms. The lowest BCUT2D eigenvalue weighted by Gasteiger charge is -2.34. The van der Waals surface area contributed by atoms with Gasteiger partial charge in [0.25, 0.3) is 0 Å².